The highest BCUT2D eigenvalue weighted by atomic mass is 19.3. The summed E-state index contributed by atoms with van der Waals surface area (Å²) in [6.45, 7) is -3.37. The second-order valence-corrected chi connectivity index (χ2v) is 2.74. The largest absolute Gasteiger partial charge is 0.478 e. The van der Waals surface area contributed by atoms with Crippen molar-refractivity contribution in [1.82, 2.24) is 0 Å². The van der Waals surface area contributed by atoms with Gasteiger partial charge in [-0.2, -0.15) is 13.2 Å². The summed E-state index contributed by atoms with van der Waals surface area (Å²) in [7, 11) is 0. The molecule has 0 bridgehead atoms. The van der Waals surface area contributed by atoms with Crippen LogP contribution >= 0.6 is 0 Å². The molecule has 0 atom stereocenters. The molecule has 0 saturated carbocycles. The smallest absolute Gasteiger partial charge is 0.387 e. The quantitative estimate of drug-likeness (QED) is 0.653. The molecule has 0 unspecified atom stereocenters. The summed E-state index contributed by atoms with van der Waals surface area (Å²) in [6.07, 6.45) is 0. The molecule has 1 aromatic rings. The van der Waals surface area contributed by atoms with E-state index in [-0.39, 0.29) is 6.07 Å². The van der Waals surface area contributed by atoms with Crippen LogP contribution in [-0.4, -0.2) is 22.6 Å². The molecule has 0 fully saturated rings. The Balaban J connectivity index is 3.35. The maximum Gasteiger partial charge on any atom is 0.387 e. The van der Waals surface area contributed by atoms with Crippen LogP contribution in [0.15, 0.2) is 12.1 Å². The molecule has 1 N–H and O–H groups in total. The van der Waals surface area contributed by atoms with Crippen molar-refractivity contribution in [1.29, 1.82) is 0 Å². The Kier molecular flexibility index (Phi) is 3.51. The Bertz CT molecular complexity index is 476. The van der Waals surface area contributed by atoms with Crippen molar-refractivity contribution in [3.63, 3.8) is 0 Å². The first-order valence-electron chi connectivity index (χ1n) is 3.99. The van der Waals surface area contributed by atoms with Crippen LogP contribution in [0.4, 0.5) is 18.9 Å². The van der Waals surface area contributed by atoms with E-state index in [0.29, 0.717) is 6.07 Å². The van der Waals surface area contributed by atoms with Crippen molar-refractivity contribution in [2.75, 3.05) is 0 Å². The summed E-state index contributed by atoms with van der Waals surface area (Å²) >= 11 is 0. The summed E-state index contributed by atoms with van der Waals surface area (Å²) in [6, 6.07) is 0.545. The Morgan fingerprint density at radius 2 is 2.06 bits per heavy atom. The number of carbonyl (C=O) groups is 1. The molecule has 0 spiro atoms. The van der Waals surface area contributed by atoms with Gasteiger partial charge in [0.15, 0.2) is 0 Å². The van der Waals surface area contributed by atoms with Gasteiger partial charge in [0.05, 0.1) is 4.92 Å². The van der Waals surface area contributed by atoms with Crippen molar-refractivity contribution < 1.29 is 32.7 Å². The molecule has 0 aliphatic carbocycles. The van der Waals surface area contributed by atoms with Crippen molar-refractivity contribution in [3.05, 3.63) is 33.6 Å². The molecule has 92 valence electrons. The van der Waals surface area contributed by atoms with E-state index >= 15 is 0 Å². The Morgan fingerprint density at radius 1 is 1.47 bits per heavy atom. The first-order valence-corrected chi connectivity index (χ1v) is 3.99. The fourth-order valence-electron chi connectivity index (χ4n) is 1.04. The number of nitrogens with zero attached hydrogens (tertiary/aromatic N) is 1. The van der Waals surface area contributed by atoms with E-state index in [1.807, 2.05) is 0 Å². The van der Waals surface area contributed by atoms with E-state index in [4.69, 9.17) is 5.11 Å². The molecule has 0 radical (unpaired) electrons. The third-order valence-electron chi connectivity index (χ3n) is 1.69. The average Bonchev–Trinajstić information content (AvgIpc) is 2.15. The number of nitro benzene ring substituents is 1. The highest BCUT2D eigenvalue weighted by molar-refractivity contribution is 5.91. The molecule has 6 nitrogen and oxygen atoms in total. The van der Waals surface area contributed by atoms with Gasteiger partial charge >= 0.3 is 18.3 Å². The number of carboxylic acid groups (broad SMARTS) is 1. The minimum absolute atomic E-state index is 0.230. The lowest BCUT2D eigenvalue weighted by molar-refractivity contribution is -0.387. The number of ether oxygens (including phenoxy) is 1. The molecule has 0 amide bonds. The highest BCUT2D eigenvalue weighted by Crippen LogP contribution is 2.28. The van der Waals surface area contributed by atoms with E-state index in [0.717, 1.165) is 0 Å². The second-order valence-electron chi connectivity index (χ2n) is 2.74. The van der Waals surface area contributed by atoms with Gasteiger partial charge in [0, 0.05) is 12.1 Å². The summed E-state index contributed by atoms with van der Waals surface area (Å²) < 4.78 is 40.5. The van der Waals surface area contributed by atoms with Crippen LogP contribution in [-0.2, 0) is 0 Å². The lowest BCUT2D eigenvalue weighted by Gasteiger charge is -2.07. The van der Waals surface area contributed by atoms with Gasteiger partial charge in [0.25, 0.3) is 0 Å². The first-order chi connectivity index (χ1) is 7.82. The van der Waals surface area contributed by atoms with Crippen LogP contribution in [0.5, 0.6) is 5.75 Å². The normalized spacial score (nSPS) is 10.4. The minimum Gasteiger partial charge on any atom is -0.478 e. The number of aromatic carboxylic acids is 1. The maximum atomic E-state index is 13.0. The molecular formula is C8H4F3NO5. The van der Waals surface area contributed by atoms with Gasteiger partial charge < -0.3 is 9.84 Å². The average molecular weight is 251 g/mol. The van der Waals surface area contributed by atoms with E-state index in [9.17, 15) is 28.1 Å². The molecule has 1 rings (SSSR count). The van der Waals surface area contributed by atoms with Crippen molar-refractivity contribution in [2.24, 2.45) is 0 Å². The first kappa shape index (κ1) is 12.7. The topological polar surface area (TPSA) is 89.7 Å². The van der Waals surface area contributed by atoms with Gasteiger partial charge in [-0.1, -0.05) is 0 Å². The van der Waals surface area contributed by atoms with Gasteiger partial charge in [-0.05, 0) is 0 Å². The van der Waals surface area contributed by atoms with Gasteiger partial charge in [0.1, 0.15) is 11.3 Å². The Hall–Kier alpha value is -2.32. The molecule has 0 aliphatic heterocycles. The van der Waals surface area contributed by atoms with Crippen LogP contribution in [0, 0.1) is 15.9 Å². The summed E-state index contributed by atoms with van der Waals surface area (Å²) in [4.78, 5) is 19.8. The monoisotopic (exact) mass is 251 g/mol. The number of benzene rings is 1. The summed E-state index contributed by atoms with van der Waals surface area (Å²) in [5, 5.41) is 18.9. The molecule has 0 aliphatic rings. The molecule has 9 heteroatoms. The van der Waals surface area contributed by atoms with Gasteiger partial charge in [0.2, 0.25) is 5.82 Å². The highest BCUT2D eigenvalue weighted by Gasteiger charge is 2.24. The second kappa shape index (κ2) is 4.68. The predicted molar refractivity (Wildman–Crippen MR) is 46.6 cm³/mol. The van der Waals surface area contributed by atoms with Crippen molar-refractivity contribution in [2.45, 2.75) is 6.61 Å². The zero-order valence-electron chi connectivity index (χ0n) is 7.89. The van der Waals surface area contributed by atoms with Crippen LogP contribution in [0.2, 0.25) is 0 Å². The predicted octanol–water partition coefficient (Wildman–Crippen LogP) is 2.03. The van der Waals surface area contributed by atoms with Gasteiger partial charge in [-0.3, -0.25) is 10.1 Å². The number of hydrogen-bond acceptors (Lipinski definition) is 4. The number of nitro groups is 1. The molecule has 0 heterocycles. The van der Waals surface area contributed by atoms with E-state index in [1.54, 1.807) is 0 Å². The van der Waals surface area contributed by atoms with E-state index < -0.39 is 40.3 Å². The van der Waals surface area contributed by atoms with E-state index in [2.05, 4.69) is 4.74 Å². The summed E-state index contributed by atoms with van der Waals surface area (Å²) in [5.74, 6) is -4.19. The Morgan fingerprint density at radius 3 is 2.47 bits per heavy atom. The van der Waals surface area contributed by atoms with Crippen LogP contribution in [0.25, 0.3) is 0 Å². The number of halogens is 3. The molecule has 0 aromatic heterocycles. The maximum absolute atomic E-state index is 13.0. The van der Waals surface area contributed by atoms with Crippen molar-refractivity contribution >= 4 is 11.7 Å². The third kappa shape index (κ3) is 2.83. The summed E-state index contributed by atoms with van der Waals surface area (Å²) in [5.41, 5.74) is -2.05. The van der Waals surface area contributed by atoms with Gasteiger partial charge in [-0.15, -0.1) is 0 Å². The standard InChI is InChI=1S/C8H4F3NO5/c9-4-2-6(17-8(10)11)3(7(13)14)1-5(4)12(15)16/h1-2,8H,(H,13,14). The fourth-order valence-corrected chi connectivity index (χ4v) is 1.04. The molecule has 17 heavy (non-hydrogen) atoms. The molecule has 0 saturated heterocycles. The number of carboxylic acids is 1. The molecule has 1 aromatic carbocycles. The lowest BCUT2D eigenvalue weighted by Crippen LogP contribution is -2.09. The lowest BCUT2D eigenvalue weighted by atomic mass is 10.1. The number of hydrogen-bond donors (Lipinski definition) is 1. The SMILES string of the molecule is O=C(O)c1cc([N+](=O)[O-])c(F)cc1OC(F)F. The van der Waals surface area contributed by atoms with Crippen LogP contribution in [0.1, 0.15) is 10.4 Å². The zero-order chi connectivity index (χ0) is 13.2. The molecular weight excluding hydrogens is 247 g/mol. The van der Waals surface area contributed by atoms with Crippen LogP contribution < -0.4 is 4.74 Å². The van der Waals surface area contributed by atoms with Crippen molar-refractivity contribution in [3.8, 4) is 5.75 Å². The van der Waals surface area contributed by atoms with Crippen LogP contribution in [0.3, 0.4) is 0 Å². The number of rotatable bonds is 4. The van der Waals surface area contributed by atoms with E-state index in [1.165, 1.54) is 0 Å². The zero-order valence-corrected chi connectivity index (χ0v) is 7.89. The minimum atomic E-state index is -3.37. The Labute approximate surface area is 91.4 Å². The third-order valence-corrected chi connectivity index (χ3v) is 1.69. The fraction of sp³-hybridized carbons (Fsp3) is 0.125. The number of alkyl halides is 2. The van der Waals surface area contributed by atoms with Gasteiger partial charge in [-0.25, -0.2) is 4.79 Å².